The minimum atomic E-state index is -0.122. The van der Waals surface area contributed by atoms with Gasteiger partial charge in [0, 0.05) is 16.2 Å². The van der Waals surface area contributed by atoms with Crippen LogP contribution in [-0.4, -0.2) is 28.1 Å². The van der Waals surface area contributed by atoms with Crippen molar-refractivity contribution in [2.75, 3.05) is 7.05 Å². The van der Waals surface area contributed by atoms with Crippen LogP contribution in [0.25, 0.3) is 6.08 Å². The van der Waals surface area contributed by atoms with Crippen molar-refractivity contribution in [1.82, 2.24) is 4.90 Å². The molecule has 24 heavy (non-hydrogen) atoms. The largest absolute Gasteiger partial charge is 0.506 e. The van der Waals surface area contributed by atoms with Crippen LogP contribution in [-0.2, 0) is 4.79 Å². The number of carbonyl (C=O) groups is 1. The Morgan fingerprint density at radius 3 is 2.62 bits per heavy atom. The molecule has 1 fully saturated rings. The van der Waals surface area contributed by atoms with Gasteiger partial charge in [-0.1, -0.05) is 18.2 Å². The number of aromatic hydroxyl groups is 1. The standard InChI is InChI=1S/C17H12I2N2O2S/c1-21-16(23)14(8-10-7-11(18)9-13(19)15(10)22)24-17(21)20-12-5-3-2-4-6-12/h2-9,22H,1H3/b14-8+,20-17?. The summed E-state index contributed by atoms with van der Waals surface area (Å²) in [6, 6.07) is 13.3. The molecule has 0 unspecified atom stereocenters. The van der Waals surface area contributed by atoms with Gasteiger partial charge in [-0.15, -0.1) is 0 Å². The van der Waals surface area contributed by atoms with Gasteiger partial charge in [-0.2, -0.15) is 0 Å². The number of hydrogen-bond donors (Lipinski definition) is 1. The highest BCUT2D eigenvalue weighted by Crippen LogP contribution is 2.36. The number of carbonyl (C=O) groups excluding carboxylic acids is 1. The number of benzene rings is 2. The van der Waals surface area contributed by atoms with E-state index in [0.29, 0.717) is 15.6 Å². The minimum Gasteiger partial charge on any atom is -0.506 e. The van der Waals surface area contributed by atoms with E-state index in [-0.39, 0.29) is 11.7 Å². The van der Waals surface area contributed by atoms with E-state index in [1.807, 2.05) is 42.5 Å². The molecule has 0 aromatic heterocycles. The maximum absolute atomic E-state index is 12.5. The lowest BCUT2D eigenvalue weighted by atomic mass is 10.2. The second kappa shape index (κ2) is 7.44. The third kappa shape index (κ3) is 3.77. The van der Waals surface area contributed by atoms with Crippen LogP contribution in [0.15, 0.2) is 52.4 Å². The van der Waals surface area contributed by atoms with Crippen LogP contribution in [0.4, 0.5) is 5.69 Å². The van der Waals surface area contributed by atoms with Gasteiger partial charge >= 0.3 is 0 Å². The van der Waals surface area contributed by atoms with Gasteiger partial charge in [-0.25, -0.2) is 4.99 Å². The molecule has 2 aromatic rings. The lowest BCUT2D eigenvalue weighted by Crippen LogP contribution is -2.23. The Bertz CT molecular complexity index is 866. The first-order valence-corrected chi connectivity index (χ1v) is 9.92. The van der Waals surface area contributed by atoms with E-state index in [1.165, 1.54) is 16.7 Å². The Morgan fingerprint density at radius 1 is 1.21 bits per heavy atom. The second-order valence-corrected chi connectivity index (χ2v) is 8.45. The number of rotatable bonds is 2. The molecule has 1 amide bonds. The summed E-state index contributed by atoms with van der Waals surface area (Å²) >= 11 is 5.58. The quantitative estimate of drug-likeness (QED) is 0.422. The van der Waals surface area contributed by atoms with E-state index >= 15 is 0 Å². The normalized spacial score (nSPS) is 18.0. The summed E-state index contributed by atoms with van der Waals surface area (Å²) in [6.07, 6.45) is 1.72. The number of nitrogens with zero attached hydrogens (tertiary/aromatic N) is 2. The van der Waals surface area contributed by atoms with Gasteiger partial charge < -0.3 is 5.11 Å². The molecule has 1 saturated heterocycles. The molecule has 7 heteroatoms. The van der Waals surface area contributed by atoms with E-state index in [2.05, 4.69) is 50.2 Å². The van der Waals surface area contributed by atoms with E-state index in [0.717, 1.165) is 12.8 Å². The molecule has 0 radical (unpaired) electrons. The molecule has 2 aromatic carbocycles. The molecular weight excluding hydrogens is 550 g/mol. The molecule has 0 atom stereocenters. The summed E-state index contributed by atoms with van der Waals surface area (Å²) in [5.74, 6) is 0.0657. The molecule has 1 N–H and O–H groups in total. The van der Waals surface area contributed by atoms with Crippen molar-refractivity contribution in [3.8, 4) is 5.75 Å². The van der Waals surface area contributed by atoms with Crippen LogP contribution in [0.1, 0.15) is 5.56 Å². The van der Waals surface area contributed by atoms with Gasteiger partial charge in [0.25, 0.3) is 5.91 Å². The van der Waals surface area contributed by atoms with E-state index < -0.39 is 0 Å². The average molecular weight is 562 g/mol. The predicted octanol–water partition coefficient (Wildman–Crippen LogP) is 4.84. The monoisotopic (exact) mass is 562 g/mol. The third-order valence-electron chi connectivity index (χ3n) is 3.33. The molecular formula is C17H12I2N2O2S. The molecule has 0 spiro atoms. The van der Waals surface area contributed by atoms with Gasteiger partial charge in [0.1, 0.15) is 5.75 Å². The highest BCUT2D eigenvalue weighted by molar-refractivity contribution is 14.1. The van der Waals surface area contributed by atoms with Crippen molar-refractivity contribution in [3.05, 3.63) is 60.1 Å². The Balaban J connectivity index is 1.96. The van der Waals surface area contributed by atoms with Crippen molar-refractivity contribution < 1.29 is 9.90 Å². The van der Waals surface area contributed by atoms with Gasteiger partial charge in [-0.05, 0) is 87.3 Å². The number of phenolic OH excluding ortho intramolecular Hbond substituents is 1. The SMILES string of the molecule is CN1C(=O)/C(=C\c2cc(I)cc(I)c2O)SC1=Nc1ccccc1. The molecule has 122 valence electrons. The number of amidine groups is 1. The molecule has 0 saturated carbocycles. The summed E-state index contributed by atoms with van der Waals surface area (Å²) in [4.78, 5) is 19.0. The number of thioether (sulfide) groups is 1. The maximum Gasteiger partial charge on any atom is 0.266 e. The van der Waals surface area contributed by atoms with E-state index in [9.17, 15) is 9.90 Å². The Kier molecular flexibility index (Phi) is 5.50. The fourth-order valence-corrected chi connectivity index (χ4v) is 4.97. The zero-order valence-corrected chi connectivity index (χ0v) is 17.7. The Morgan fingerprint density at radius 2 is 1.92 bits per heavy atom. The fourth-order valence-electron chi connectivity index (χ4n) is 2.10. The van der Waals surface area contributed by atoms with Gasteiger partial charge in [-0.3, -0.25) is 9.69 Å². The molecule has 3 rings (SSSR count). The molecule has 1 aliphatic heterocycles. The van der Waals surface area contributed by atoms with Crippen LogP contribution in [0.5, 0.6) is 5.75 Å². The van der Waals surface area contributed by atoms with Crippen LogP contribution in [0.2, 0.25) is 0 Å². The van der Waals surface area contributed by atoms with E-state index in [4.69, 9.17) is 0 Å². The van der Waals surface area contributed by atoms with Crippen molar-refractivity contribution in [2.45, 2.75) is 0 Å². The van der Waals surface area contributed by atoms with Gasteiger partial charge in [0.15, 0.2) is 5.17 Å². The lowest BCUT2D eigenvalue weighted by Gasteiger charge is -2.07. The van der Waals surface area contributed by atoms with Crippen LogP contribution >= 0.6 is 56.9 Å². The molecule has 1 aliphatic rings. The first-order chi connectivity index (χ1) is 11.5. The number of likely N-dealkylation sites (N-methyl/N-ethyl adjacent to an activating group) is 1. The molecule has 4 nitrogen and oxygen atoms in total. The first-order valence-electron chi connectivity index (χ1n) is 6.95. The zero-order valence-electron chi connectivity index (χ0n) is 12.5. The molecule has 0 bridgehead atoms. The van der Waals surface area contributed by atoms with Gasteiger partial charge in [0.2, 0.25) is 0 Å². The van der Waals surface area contributed by atoms with Crippen molar-refractivity contribution in [3.63, 3.8) is 0 Å². The lowest BCUT2D eigenvalue weighted by molar-refractivity contribution is -0.121. The summed E-state index contributed by atoms with van der Waals surface area (Å²) in [5, 5.41) is 10.8. The number of para-hydroxylation sites is 1. The topological polar surface area (TPSA) is 52.9 Å². The van der Waals surface area contributed by atoms with Crippen LogP contribution < -0.4 is 0 Å². The van der Waals surface area contributed by atoms with Crippen molar-refractivity contribution in [1.29, 1.82) is 0 Å². The van der Waals surface area contributed by atoms with E-state index in [1.54, 1.807) is 13.1 Å². The second-order valence-electron chi connectivity index (χ2n) is 5.03. The zero-order chi connectivity index (χ0) is 17.3. The smallest absolute Gasteiger partial charge is 0.266 e. The average Bonchev–Trinajstić information content (AvgIpc) is 2.81. The first kappa shape index (κ1) is 17.7. The molecule has 0 aliphatic carbocycles. The van der Waals surface area contributed by atoms with Gasteiger partial charge in [0.05, 0.1) is 14.2 Å². The van der Waals surface area contributed by atoms with Crippen LogP contribution in [0.3, 0.4) is 0 Å². The molecule has 1 heterocycles. The van der Waals surface area contributed by atoms with Crippen molar-refractivity contribution in [2.24, 2.45) is 4.99 Å². The number of phenols is 1. The fraction of sp³-hybridized carbons (Fsp3) is 0.0588. The summed E-state index contributed by atoms with van der Waals surface area (Å²) < 4.78 is 1.76. The third-order valence-corrected chi connectivity index (χ3v) is 5.83. The number of aliphatic imine (C=N–C) groups is 1. The summed E-state index contributed by atoms with van der Waals surface area (Å²) in [5.41, 5.74) is 1.43. The summed E-state index contributed by atoms with van der Waals surface area (Å²) in [6.45, 7) is 0. The number of amides is 1. The minimum absolute atomic E-state index is 0.122. The highest BCUT2D eigenvalue weighted by Gasteiger charge is 2.30. The maximum atomic E-state index is 12.5. The number of hydrogen-bond acceptors (Lipinski definition) is 4. The predicted molar refractivity (Wildman–Crippen MR) is 115 cm³/mol. The summed E-state index contributed by atoms with van der Waals surface area (Å²) in [7, 11) is 1.70. The Hall–Kier alpha value is -1.07. The number of halogens is 2. The van der Waals surface area contributed by atoms with Crippen molar-refractivity contribution >= 4 is 79.8 Å². The highest BCUT2D eigenvalue weighted by atomic mass is 127. The Labute approximate surface area is 171 Å². The van der Waals surface area contributed by atoms with Crippen LogP contribution in [0, 0.1) is 7.14 Å².